The summed E-state index contributed by atoms with van der Waals surface area (Å²) in [6, 6.07) is 15.5. The van der Waals surface area contributed by atoms with Gasteiger partial charge in [0, 0.05) is 36.8 Å². The summed E-state index contributed by atoms with van der Waals surface area (Å²) in [4.78, 5) is 2.46. The van der Waals surface area contributed by atoms with Crippen molar-refractivity contribution in [2.75, 3.05) is 11.4 Å². The molecule has 0 saturated carbocycles. The van der Waals surface area contributed by atoms with Gasteiger partial charge < -0.3 is 16.0 Å². The first-order valence-electron chi connectivity index (χ1n) is 9.32. The number of nitrogens with zero attached hydrogens (tertiary/aromatic N) is 1. The van der Waals surface area contributed by atoms with Crippen LogP contribution in [0.3, 0.4) is 0 Å². The van der Waals surface area contributed by atoms with E-state index < -0.39 is 0 Å². The normalized spacial score (nSPS) is 14.9. The zero-order chi connectivity index (χ0) is 18.7. The zero-order valence-corrected chi connectivity index (χ0v) is 16.0. The van der Waals surface area contributed by atoms with Gasteiger partial charge in [0.25, 0.3) is 0 Å². The molecule has 3 nitrogen and oxygen atoms in total. The van der Waals surface area contributed by atoms with Gasteiger partial charge in [-0.1, -0.05) is 51.1 Å². The van der Waals surface area contributed by atoms with Gasteiger partial charge in [0.05, 0.1) is 0 Å². The van der Waals surface area contributed by atoms with E-state index in [2.05, 4.69) is 68.1 Å². The molecule has 0 radical (unpaired) electrons. The van der Waals surface area contributed by atoms with Crippen LogP contribution in [0.15, 0.2) is 48.7 Å². The largest absolute Gasteiger partial charge is 0.404 e. The van der Waals surface area contributed by atoms with E-state index in [4.69, 9.17) is 11.1 Å². The zero-order valence-electron chi connectivity index (χ0n) is 16.0. The lowest BCUT2D eigenvalue weighted by molar-refractivity contribution is 0.589. The molecule has 26 heavy (non-hydrogen) atoms. The molecule has 2 aromatic carbocycles. The maximum absolute atomic E-state index is 7.50. The molecular formula is C23H29N3. The second-order valence-electron chi connectivity index (χ2n) is 8.08. The summed E-state index contributed by atoms with van der Waals surface area (Å²) in [5, 5.41) is 7.50. The number of rotatable bonds is 4. The van der Waals surface area contributed by atoms with E-state index in [0.717, 1.165) is 37.1 Å². The summed E-state index contributed by atoms with van der Waals surface area (Å²) < 4.78 is 0. The average molecular weight is 348 g/mol. The third-order valence-electron chi connectivity index (χ3n) is 5.16. The van der Waals surface area contributed by atoms with Gasteiger partial charge in [-0.25, -0.2) is 0 Å². The molecule has 1 heterocycles. The summed E-state index contributed by atoms with van der Waals surface area (Å²) in [5.74, 6) is 0. The third kappa shape index (κ3) is 3.82. The van der Waals surface area contributed by atoms with Crippen molar-refractivity contribution in [2.45, 2.75) is 45.6 Å². The summed E-state index contributed by atoms with van der Waals surface area (Å²) in [6.45, 7) is 8.76. The first-order chi connectivity index (χ1) is 12.4. The topological polar surface area (TPSA) is 53.1 Å². The number of allylic oxidation sites excluding steroid dienone is 1. The molecule has 3 rings (SSSR count). The van der Waals surface area contributed by atoms with Crippen molar-refractivity contribution in [1.82, 2.24) is 0 Å². The summed E-state index contributed by atoms with van der Waals surface area (Å²) in [7, 11) is 0. The molecule has 0 unspecified atom stereocenters. The number of hydrogen-bond acceptors (Lipinski definition) is 3. The van der Waals surface area contributed by atoms with Crippen LogP contribution in [0.4, 0.5) is 5.69 Å². The van der Waals surface area contributed by atoms with Crippen molar-refractivity contribution in [3.8, 4) is 0 Å². The van der Waals surface area contributed by atoms with Crippen LogP contribution in [0.25, 0.3) is 5.57 Å². The molecule has 0 atom stereocenters. The second kappa shape index (κ2) is 7.36. The van der Waals surface area contributed by atoms with Gasteiger partial charge in [-0.2, -0.15) is 0 Å². The van der Waals surface area contributed by atoms with E-state index in [0.29, 0.717) is 0 Å². The average Bonchev–Trinajstić information content (AvgIpc) is 2.62. The summed E-state index contributed by atoms with van der Waals surface area (Å²) >= 11 is 0. The van der Waals surface area contributed by atoms with Gasteiger partial charge in [0.15, 0.2) is 0 Å². The first-order valence-corrected chi connectivity index (χ1v) is 9.32. The molecule has 1 aliphatic rings. The first kappa shape index (κ1) is 18.2. The highest BCUT2D eigenvalue weighted by Crippen LogP contribution is 2.31. The van der Waals surface area contributed by atoms with E-state index in [1.807, 2.05) is 0 Å². The Kier molecular flexibility index (Phi) is 5.17. The molecule has 2 aromatic rings. The third-order valence-corrected chi connectivity index (χ3v) is 5.16. The molecule has 136 valence electrons. The molecule has 0 fully saturated rings. The minimum absolute atomic E-state index is 0.190. The van der Waals surface area contributed by atoms with Gasteiger partial charge in [-0.15, -0.1) is 0 Å². The van der Waals surface area contributed by atoms with E-state index >= 15 is 0 Å². The Morgan fingerprint density at radius 1 is 1.15 bits per heavy atom. The number of nitrogens with one attached hydrogen (secondary N) is 1. The Hall–Kier alpha value is -2.55. The van der Waals surface area contributed by atoms with Crippen LogP contribution in [-0.4, -0.2) is 12.8 Å². The fourth-order valence-corrected chi connectivity index (χ4v) is 3.58. The Bertz CT molecular complexity index is 810. The van der Waals surface area contributed by atoms with Gasteiger partial charge in [-0.05, 0) is 52.6 Å². The van der Waals surface area contributed by atoms with E-state index in [9.17, 15) is 0 Å². The fraction of sp³-hybridized carbons (Fsp3) is 0.348. The predicted octanol–water partition coefficient (Wildman–Crippen LogP) is 4.89. The fourth-order valence-electron chi connectivity index (χ4n) is 3.58. The van der Waals surface area contributed by atoms with Crippen LogP contribution in [0.5, 0.6) is 0 Å². The number of benzene rings is 2. The highest BCUT2D eigenvalue weighted by atomic mass is 15.1. The number of fused-ring (bicyclic) bond motifs is 1. The second-order valence-corrected chi connectivity index (χ2v) is 8.08. The van der Waals surface area contributed by atoms with Crippen LogP contribution in [0.1, 0.15) is 49.4 Å². The lowest BCUT2D eigenvalue weighted by Crippen LogP contribution is -2.29. The lowest BCUT2D eigenvalue weighted by Gasteiger charge is -2.32. The van der Waals surface area contributed by atoms with Crippen molar-refractivity contribution in [1.29, 1.82) is 5.41 Å². The Balaban J connectivity index is 1.82. The Morgan fingerprint density at radius 3 is 2.50 bits per heavy atom. The van der Waals surface area contributed by atoms with Crippen LogP contribution < -0.4 is 10.6 Å². The van der Waals surface area contributed by atoms with Gasteiger partial charge in [-0.3, -0.25) is 0 Å². The van der Waals surface area contributed by atoms with Crippen molar-refractivity contribution in [3.63, 3.8) is 0 Å². The quantitative estimate of drug-likeness (QED) is 0.774. The van der Waals surface area contributed by atoms with E-state index in [-0.39, 0.29) is 5.41 Å². The van der Waals surface area contributed by atoms with Crippen molar-refractivity contribution >= 4 is 17.5 Å². The number of aryl methyl sites for hydroxylation is 1. The lowest BCUT2D eigenvalue weighted by atomic mass is 9.86. The van der Waals surface area contributed by atoms with Crippen LogP contribution in [0.2, 0.25) is 0 Å². The Morgan fingerprint density at radius 2 is 1.88 bits per heavy atom. The van der Waals surface area contributed by atoms with Crippen LogP contribution in [-0.2, 0) is 18.4 Å². The molecule has 3 heteroatoms. The predicted molar refractivity (Wildman–Crippen MR) is 112 cm³/mol. The molecular weight excluding hydrogens is 318 g/mol. The molecule has 3 N–H and O–H groups in total. The standard InChI is InChI=1S/C23H29N3/c1-23(2,3)21-9-6-17(7-10-21)16-26-12-4-5-19-13-18(8-11-22(19)26)20(14-24)15-25/h6-11,13-15,24H,4-5,12,16,25H2,1-3H3/b20-15+,24-14?. The molecule has 0 saturated heterocycles. The molecule has 0 bridgehead atoms. The maximum Gasteiger partial charge on any atom is 0.0429 e. The van der Waals surface area contributed by atoms with Crippen molar-refractivity contribution < 1.29 is 0 Å². The molecule has 1 aliphatic heterocycles. The molecule has 0 aromatic heterocycles. The van der Waals surface area contributed by atoms with Crippen molar-refractivity contribution in [3.05, 3.63) is 70.9 Å². The smallest absolute Gasteiger partial charge is 0.0429 e. The highest BCUT2D eigenvalue weighted by molar-refractivity contribution is 6.08. The van der Waals surface area contributed by atoms with Crippen molar-refractivity contribution in [2.24, 2.45) is 5.73 Å². The Labute approximate surface area is 157 Å². The monoisotopic (exact) mass is 347 g/mol. The van der Waals surface area contributed by atoms with E-state index in [1.165, 1.54) is 34.8 Å². The number of nitrogens with two attached hydrogens (primary N) is 1. The molecule has 0 aliphatic carbocycles. The molecule has 0 spiro atoms. The van der Waals surface area contributed by atoms with E-state index in [1.54, 1.807) is 0 Å². The van der Waals surface area contributed by atoms with Crippen LogP contribution >= 0.6 is 0 Å². The minimum Gasteiger partial charge on any atom is -0.404 e. The maximum atomic E-state index is 7.50. The van der Waals surface area contributed by atoms with Gasteiger partial charge in [0.2, 0.25) is 0 Å². The SMILES string of the molecule is CC(C)(C)c1ccc(CN2CCCc3cc(/C(C=N)=C/N)ccc32)cc1. The van der Waals surface area contributed by atoms with Gasteiger partial charge >= 0.3 is 0 Å². The van der Waals surface area contributed by atoms with Gasteiger partial charge in [0.1, 0.15) is 0 Å². The number of hydrogen-bond donors (Lipinski definition) is 2. The highest BCUT2D eigenvalue weighted by Gasteiger charge is 2.18. The summed E-state index contributed by atoms with van der Waals surface area (Å²) in [5.41, 5.74) is 13.0. The summed E-state index contributed by atoms with van der Waals surface area (Å²) in [6.07, 6.45) is 5.06. The number of anilines is 1. The van der Waals surface area contributed by atoms with Crippen LogP contribution in [0, 0.1) is 5.41 Å². The molecule has 0 amide bonds. The minimum atomic E-state index is 0.190.